The van der Waals surface area contributed by atoms with Gasteiger partial charge in [0.1, 0.15) is 5.54 Å². The molecule has 0 saturated carbocycles. The second-order valence-corrected chi connectivity index (χ2v) is 6.18. The summed E-state index contributed by atoms with van der Waals surface area (Å²) in [5, 5.41) is 5.82. The maximum atomic E-state index is 12.2. The minimum atomic E-state index is -0.764. The normalized spacial score (nSPS) is 21.7. The van der Waals surface area contributed by atoms with E-state index >= 15 is 0 Å². The number of nitrogens with two attached hydrogens (primary N) is 1. The zero-order valence-electron chi connectivity index (χ0n) is 14.7. The van der Waals surface area contributed by atoms with Crippen molar-refractivity contribution in [1.29, 1.82) is 0 Å². The molecule has 1 aliphatic rings. The van der Waals surface area contributed by atoms with Crippen molar-refractivity contribution in [1.82, 2.24) is 15.5 Å². The highest BCUT2D eigenvalue weighted by molar-refractivity contribution is 6.06. The molecule has 1 atom stereocenters. The van der Waals surface area contributed by atoms with E-state index in [2.05, 4.69) is 22.5 Å². The van der Waals surface area contributed by atoms with E-state index in [0.717, 1.165) is 13.0 Å². The number of aliphatic imine (C=N–C) groups is 1. The van der Waals surface area contributed by atoms with E-state index in [0.29, 0.717) is 31.9 Å². The zero-order valence-corrected chi connectivity index (χ0v) is 14.7. The second-order valence-electron chi connectivity index (χ2n) is 6.18. The van der Waals surface area contributed by atoms with Crippen LogP contribution in [0.25, 0.3) is 0 Å². The van der Waals surface area contributed by atoms with E-state index in [1.807, 2.05) is 6.92 Å². The molecule has 132 valence electrons. The number of hydrogen-bond donors (Lipinski definition) is 3. The molecule has 0 aliphatic carbocycles. The molecule has 0 aromatic rings. The lowest BCUT2D eigenvalue weighted by Crippen LogP contribution is -2.43. The number of nitrogens with zero attached hydrogens (tertiary/aromatic N) is 2. The van der Waals surface area contributed by atoms with Crippen LogP contribution in [0, 0.1) is 0 Å². The smallest absolute Gasteiger partial charge is 0.325 e. The van der Waals surface area contributed by atoms with Gasteiger partial charge in [-0.15, -0.1) is 0 Å². The van der Waals surface area contributed by atoms with Gasteiger partial charge in [0.05, 0.1) is 0 Å². The van der Waals surface area contributed by atoms with Gasteiger partial charge >= 0.3 is 6.03 Å². The third-order valence-electron chi connectivity index (χ3n) is 4.21. The first kappa shape index (κ1) is 19.3. The number of urea groups is 1. The SMILES string of the molecule is CCCCCCNC(N)=NCCCN1C(=O)NC(C)(CC)C1=O. The number of hydrogen-bond acceptors (Lipinski definition) is 3. The zero-order chi connectivity index (χ0) is 17.3. The second kappa shape index (κ2) is 9.37. The number of guanidine groups is 1. The Morgan fingerprint density at radius 2 is 2.00 bits per heavy atom. The lowest BCUT2D eigenvalue weighted by Gasteiger charge is -2.19. The maximum Gasteiger partial charge on any atom is 0.325 e. The largest absolute Gasteiger partial charge is 0.370 e. The van der Waals surface area contributed by atoms with E-state index in [-0.39, 0.29) is 11.9 Å². The molecule has 0 aromatic carbocycles. The van der Waals surface area contributed by atoms with Gasteiger partial charge < -0.3 is 16.4 Å². The maximum absolute atomic E-state index is 12.2. The molecule has 0 radical (unpaired) electrons. The number of imide groups is 1. The molecular weight excluding hydrogens is 294 g/mol. The van der Waals surface area contributed by atoms with Crippen molar-refractivity contribution in [2.24, 2.45) is 10.7 Å². The van der Waals surface area contributed by atoms with E-state index in [4.69, 9.17) is 5.73 Å². The fourth-order valence-corrected chi connectivity index (χ4v) is 2.44. The highest BCUT2D eigenvalue weighted by atomic mass is 16.2. The lowest BCUT2D eigenvalue weighted by atomic mass is 9.99. The van der Waals surface area contributed by atoms with Crippen LogP contribution in [0.4, 0.5) is 4.79 Å². The van der Waals surface area contributed by atoms with Gasteiger partial charge in [-0.1, -0.05) is 33.1 Å². The van der Waals surface area contributed by atoms with Crippen molar-refractivity contribution in [3.05, 3.63) is 0 Å². The van der Waals surface area contributed by atoms with Crippen LogP contribution in [0.3, 0.4) is 0 Å². The van der Waals surface area contributed by atoms with Crippen LogP contribution in [0.15, 0.2) is 4.99 Å². The van der Waals surface area contributed by atoms with Gasteiger partial charge in [-0.2, -0.15) is 0 Å². The van der Waals surface area contributed by atoms with Crippen LogP contribution in [-0.4, -0.2) is 48.0 Å². The van der Waals surface area contributed by atoms with Crippen molar-refractivity contribution in [2.75, 3.05) is 19.6 Å². The molecule has 0 spiro atoms. The Balaban J connectivity index is 2.25. The Labute approximate surface area is 139 Å². The summed E-state index contributed by atoms with van der Waals surface area (Å²) < 4.78 is 0. The highest BCUT2D eigenvalue weighted by Crippen LogP contribution is 2.20. The van der Waals surface area contributed by atoms with Gasteiger partial charge in [0.2, 0.25) is 0 Å². The molecule has 1 heterocycles. The van der Waals surface area contributed by atoms with Crippen LogP contribution in [0.5, 0.6) is 0 Å². The minimum absolute atomic E-state index is 0.156. The predicted molar refractivity (Wildman–Crippen MR) is 92.2 cm³/mol. The number of carbonyl (C=O) groups is 2. The van der Waals surface area contributed by atoms with Crippen molar-refractivity contribution >= 4 is 17.9 Å². The first-order chi connectivity index (χ1) is 10.9. The van der Waals surface area contributed by atoms with E-state index in [1.54, 1.807) is 6.92 Å². The van der Waals surface area contributed by atoms with Crippen LogP contribution in [-0.2, 0) is 4.79 Å². The molecule has 7 heteroatoms. The standard InChI is InChI=1S/C16H31N5O2/c1-4-6-7-8-10-18-14(17)19-11-9-12-21-13(22)16(3,5-2)20-15(21)23/h4-12H2,1-3H3,(H,20,23)(H3,17,18,19). The number of carbonyl (C=O) groups excluding carboxylic acids is 2. The summed E-state index contributed by atoms with van der Waals surface area (Å²) in [7, 11) is 0. The molecular formula is C16H31N5O2. The molecule has 1 aliphatic heterocycles. The molecule has 7 nitrogen and oxygen atoms in total. The summed E-state index contributed by atoms with van der Waals surface area (Å²) >= 11 is 0. The Hall–Kier alpha value is -1.79. The van der Waals surface area contributed by atoms with Crippen LogP contribution < -0.4 is 16.4 Å². The van der Waals surface area contributed by atoms with Crippen LogP contribution in [0.1, 0.15) is 59.3 Å². The average Bonchev–Trinajstić information content (AvgIpc) is 2.74. The first-order valence-corrected chi connectivity index (χ1v) is 8.62. The third-order valence-corrected chi connectivity index (χ3v) is 4.21. The van der Waals surface area contributed by atoms with Gasteiger partial charge in [0.25, 0.3) is 5.91 Å². The van der Waals surface area contributed by atoms with Gasteiger partial charge in [-0.25, -0.2) is 4.79 Å². The Bertz CT molecular complexity index is 438. The molecule has 1 fully saturated rings. The summed E-state index contributed by atoms with van der Waals surface area (Å²) in [5.41, 5.74) is 5.02. The molecule has 1 unspecified atom stereocenters. The molecule has 23 heavy (non-hydrogen) atoms. The van der Waals surface area contributed by atoms with E-state index in [1.165, 1.54) is 24.2 Å². The molecule has 1 saturated heterocycles. The van der Waals surface area contributed by atoms with Crippen molar-refractivity contribution < 1.29 is 9.59 Å². The van der Waals surface area contributed by atoms with Crippen LogP contribution in [0.2, 0.25) is 0 Å². The lowest BCUT2D eigenvalue weighted by molar-refractivity contribution is -0.130. The van der Waals surface area contributed by atoms with E-state index in [9.17, 15) is 9.59 Å². The minimum Gasteiger partial charge on any atom is -0.370 e. The van der Waals surface area contributed by atoms with Gasteiger partial charge in [0, 0.05) is 19.6 Å². The monoisotopic (exact) mass is 325 g/mol. The first-order valence-electron chi connectivity index (χ1n) is 8.62. The fraction of sp³-hybridized carbons (Fsp3) is 0.812. The molecule has 0 aromatic heterocycles. The Kier molecular flexibility index (Phi) is 7.85. The Morgan fingerprint density at radius 1 is 1.26 bits per heavy atom. The quantitative estimate of drug-likeness (QED) is 0.246. The summed E-state index contributed by atoms with van der Waals surface area (Å²) in [6.07, 6.45) is 5.92. The van der Waals surface area contributed by atoms with Crippen LogP contribution >= 0.6 is 0 Å². The molecule has 3 amide bonds. The van der Waals surface area contributed by atoms with Crippen molar-refractivity contribution in [3.63, 3.8) is 0 Å². The van der Waals surface area contributed by atoms with Gasteiger partial charge in [-0.05, 0) is 26.2 Å². The highest BCUT2D eigenvalue weighted by Gasteiger charge is 2.45. The summed E-state index contributed by atoms with van der Waals surface area (Å²) in [4.78, 5) is 29.5. The van der Waals surface area contributed by atoms with Crippen molar-refractivity contribution in [2.45, 2.75) is 64.8 Å². The Morgan fingerprint density at radius 3 is 2.61 bits per heavy atom. The molecule has 1 rings (SSSR count). The number of unbranched alkanes of at least 4 members (excludes halogenated alkanes) is 3. The summed E-state index contributed by atoms with van der Waals surface area (Å²) in [6, 6.07) is -0.314. The van der Waals surface area contributed by atoms with Crippen molar-refractivity contribution in [3.8, 4) is 0 Å². The molecule has 4 N–H and O–H groups in total. The summed E-state index contributed by atoms with van der Waals surface area (Å²) in [6.45, 7) is 7.51. The summed E-state index contributed by atoms with van der Waals surface area (Å²) in [5.74, 6) is 0.271. The third kappa shape index (κ3) is 5.73. The number of rotatable bonds is 10. The number of amides is 3. The topological polar surface area (TPSA) is 99.8 Å². The van der Waals surface area contributed by atoms with Gasteiger partial charge in [-0.3, -0.25) is 14.7 Å². The number of nitrogens with one attached hydrogen (secondary N) is 2. The van der Waals surface area contributed by atoms with Gasteiger partial charge in [0.15, 0.2) is 5.96 Å². The molecule has 0 bridgehead atoms. The average molecular weight is 325 g/mol. The predicted octanol–water partition coefficient (Wildman–Crippen LogP) is 1.58. The fourth-order valence-electron chi connectivity index (χ4n) is 2.44. The van der Waals surface area contributed by atoms with E-state index < -0.39 is 5.54 Å².